The van der Waals surface area contributed by atoms with Crippen LogP contribution >= 0.6 is 0 Å². The third-order valence-electron chi connectivity index (χ3n) is 2.24. The van der Waals surface area contributed by atoms with Gasteiger partial charge in [0.25, 0.3) is 0 Å². The number of aliphatic hydroxyl groups is 1. The van der Waals surface area contributed by atoms with Gasteiger partial charge in [0, 0.05) is 17.8 Å². The standard InChI is InChI=1S/C12H11NO2/c14-11-7-6-10(8-13-11)12(15)9-4-2-1-3-5-9/h1-8,12,15H,(H,13,14)/t12-/m1/s1. The molecule has 76 valence electrons. The Hall–Kier alpha value is -1.87. The molecule has 0 aliphatic rings. The molecule has 1 heterocycles. The van der Waals surface area contributed by atoms with Crippen LogP contribution < -0.4 is 5.56 Å². The summed E-state index contributed by atoms with van der Waals surface area (Å²) in [7, 11) is 0. The molecule has 1 aromatic heterocycles. The predicted octanol–water partition coefficient (Wildman–Crippen LogP) is 1.46. The van der Waals surface area contributed by atoms with Crippen LogP contribution in [0, 0.1) is 0 Å². The summed E-state index contributed by atoms with van der Waals surface area (Å²) in [5.41, 5.74) is 1.32. The van der Waals surface area contributed by atoms with E-state index in [0.717, 1.165) is 5.56 Å². The van der Waals surface area contributed by atoms with Crippen LogP contribution in [0.2, 0.25) is 0 Å². The molecule has 0 amide bonds. The lowest BCUT2D eigenvalue weighted by Crippen LogP contribution is -2.06. The van der Waals surface area contributed by atoms with Crippen molar-refractivity contribution < 1.29 is 5.11 Å². The molecule has 0 radical (unpaired) electrons. The summed E-state index contributed by atoms with van der Waals surface area (Å²) in [6.45, 7) is 0. The summed E-state index contributed by atoms with van der Waals surface area (Å²) in [4.78, 5) is 13.4. The molecule has 0 unspecified atom stereocenters. The van der Waals surface area contributed by atoms with Crippen molar-refractivity contribution in [3.63, 3.8) is 0 Å². The van der Waals surface area contributed by atoms with Gasteiger partial charge < -0.3 is 10.1 Å². The topological polar surface area (TPSA) is 53.1 Å². The van der Waals surface area contributed by atoms with E-state index >= 15 is 0 Å². The lowest BCUT2D eigenvalue weighted by atomic mass is 10.0. The van der Waals surface area contributed by atoms with Crippen LogP contribution in [0.3, 0.4) is 0 Å². The van der Waals surface area contributed by atoms with Crippen LogP contribution in [0.15, 0.2) is 53.5 Å². The molecule has 0 fully saturated rings. The lowest BCUT2D eigenvalue weighted by molar-refractivity contribution is 0.220. The fourth-order valence-corrected chi connectivity index (χ4v) is 1.42. The highest BCUT2D eigenvalue weighted by molar-refractivity contribution is 5.27. The number of nitrogens with one attached hydrogen (secondary N) is 1. The molecule has 0 aliphatic heterocycles. The molecule has 0 bridgehead atoms. The molecule has 3 nitrogen and oxygen atoms in total. The Morgan fingerprint density at radius 3 is 2.33 bits per heavy atom. The van der Waals surface area contributed by atoms with Gasteiger partial charge in [-0.25, -0.2) is 0 Å². The normalized spacial score (nSPS) is 12.3. The smallest absolute Gasteiger partial charge is 0.247 e. The minimum absolute atomic E-state index is 0.168. The summed E-state index contributed by atoms with van der Waals surface area (Å²) >= 11 is 0. The number of pyridine rings is 1. The number of hydrogen-bond donors (Lipinski definition) is 2. The number of aromatic amines is 1. The van der Waals surface area contributed by atoms with Gasteiger partial charge >= 0.3 is 0 Å². The molecule has 3 heteroatoms. The van der Waals surface area contributed by atoms with Gasteiger partial charge in [0.1, 0.15) is 6.10 Å². The summed E-state index contributed by atoms with van der Waals surface area (Å²) in [5, 5.41) is 9.96. The van der Waals surface area contributed by atoms with Gasteiger partial charge in [0.2, 0.25) is 5.56 Å². The van der Waals surface area contributed by atoms with Crippen molar-refractivity contribution in [1.29, 1.82) is 0 Å². The molecule has 15 heavy (non-hydrogen) atoms. The van der Waals surface area contributed by atoms with Crippen molar-refractivity contribution in [3.05, 3.63) is 70.1 Å². The molecule has 0 aliphatic carbocycles. The molecule has 0 saturated carbocycles. The Bertz CT molecular complexity index is 470. The molecule has 0 spiro atoms. The van der Waals surface area contributed by atoms with E-state index in [1.807, 2.05) is 30.3 Å². The summed E-state index contributed by atoms with van der Waals surface area (Å²) < 4.78 is 0. The zero-order valence-corrected chi connectivity index (χ0v) is 8.05. The first-order valence-electron chi connectivity index (χ1n) is 4.69. The van der Waals surface area contributed by atoms with Gasteiger partial charge in [0.05, 0.1) is 0 Å². The summed E-state index contributed by atoms with van der Waals surface area (Å²) in [6.07, 6.45) is 0.836. The first kappa shape index (κ1) is 9.68. The van der Waals surface area contributed by atoms with Crippen molar-refractivity contribution in [2.45, 2.75) is 6.10 Å². The molecule has 0 saturated heterocycles. The van der Waals surface area contributed by atoms with Crippen LogP contribution in [0.25, 0.3) is 0 Å². The van der Waals surface area contributed by atoms with Gasteiger partial charge in [-0.2, -0.15) is 0 Å². The van der Waals surface area contributed by atoms with Crippen molar-refractivity contribution in [1.82, 2.24) is 4.98 Å². The second kappa shape index (κ2) is 4.11. The van der Waals surface area contributed by atoms with Crippen LogP contribution in [0.4, 0.5) is 0 Å². The molecular weight excluding hydrogens is 190 g/mol. The monoisotopic (exact) mass is 201 g/mol. The van der Waals surface area contributed by atoms with E-state index in [1.165, 1.54) is 12.3 Å². The average molecular weight is 201 g/mol. The second-order valence-corrected chi connectivity index (χ2v) is 3.30. The van der Waals surface area contributed by atoms with Crippen LogP contribution in [-0.4, -0.2) is 10.1 Å². The summed E-state index contributed by atoms with van der Waals surface area (Å²) in [5.74, 6) is 0. The van der Waals surface area contributed by atoms with E-state index in [1.54, 1.807) is 6.07 Å². The first-order valence-corrected chi connectivity index (χ1v) is 4.69. The Morgan fingerprint density at radius 2 is 1.73 bits per heavy atom. The Labute approximate surface area is 87.0 Å². The largest absolute Gasteiger partial charge is 0.384 e. The predicted molar refractivity (Wildman–Crippen MR) is 57.6 cm³/mol. The van der Waals surface area contributed by atoms with Gasteiger partial charge in [-0.15, -0.1) is 0 Å². The second-order valence-electron chi connectivity index (χ2n) is 3.30. The highest BCUT2D eigenvalue weighted by Crippen LogP contribution is 2.19. The SMILES string of the molecule is O=c1ccc([C@H](O)c2ccccc2)c[nH]1. The highest BCUT2D eigenvalue weighted by atomic mass is 16.3. The van der Waals surface area contributed by atoms with E-state index in [4.69, 9.17) is 0 Å². The molecule has 2 N–H and O–H groups in total. The number of aromatic nitrogens is 1. The van der Waals surface area contributed by atoms with Gasteiger partial charge in [0.15, 0.2) is 0 Å². The quantitative estimate of drug-likeness (QED) is 0.772. The Morgan fingerprint density at radius 1 is 1.00 bits per heavy atom. The number of H-pyrrole nitrogens is 1. The maximum Gasteiger partial charge on any atom is 0.247 e. The maximum absolute atomic E-state index is 10.8. The third-order valence-corrected chi connectivity index (χ3v) is 2.24. The Balaban J connectivity index is 2.32. The molecule has 1 atom stereocenters. The van der Waals surface area contributed by atoms with Gasteiger partial charge in [-0.05, 0) is 11.6 Å². The molecule has 2 rings (SSSR count). The van der Waals surface area contributed by atoms with Crippen LogP contribution in [-0.2, 0) is 0 Å². The minimum atomic E-state index is -0.692. The van der Waals surface area contributed by atoms with E-state index < -0.39 is 6.10 Å². The van der Waals surface area contributed by atoms with Crippen molar-refractivity contribution >= 4 is 0 Å². The fourth-order valence-electron chi connectivity index (χ4n) is 1.42. The van der Waals surface area contributed by atoms with Crippen molar-refractivity contribution in [2.75, 3.05) is 0 Å². The van der Waals surface area contributed by atoms with Crippen molar-refractivity contribution in [2.24, 2.45) is 0 Å². The maximum atomic E-state index is 10.8. The number of benzene rings is 1. The molecule has 2 aromatic rings. The zero-order valence-electron chi connectivity index (χ0n) is 8.05. The van der Waals surface area contributed by atoms with Crippen molar-refractivity contribution in [3.8, 4) is 0 Å². The average Bonchev–Trinajstić information content (AvgIpc) is 2.30. The summed E-state index contributed by atoms with van der Waals surface area (Å²) in [6, 6.07) is 12.3. The van der Waals surface area contributed by atoms with E-state index in [0.29, 0.717) is 5.56 Å². The van der Waals surface area contributed by atoms with Crippen LogP contribution in [0.5, 0.6) is 0 Å². The number of hydrogen-bond acceptors (Lipinski definition) is 2. The minimum Gasteiger partial charge on any atom is -0.384 e. The Kier molecular flexibility index (Phi) is 2.65. The number of rotatable bonds is 2. The third kappa shape index (κ3) is 2.14. The zero-order chi connectivity index (χ0) is 10.7. The van der Waals surface area contributed by atoms with Gasteiger partial charge in [-0.1, -0.05) is 30.3 Å². The van der Waals surface area contributed by atoms with Gasteiger partial charge in [-0.3, -0.25) is 4.79 Å². The van der Waals surface area contributed by atoms with E-state index in [9.17, 15) is 9.90 Å². The lowest BCUT2D eigenvalue weighted by Gasteiger charge is -2.10. The number of aliphatic hydroxyl groups excluding tert-OH is 1. The van der Waals surface area contributed by atoms with E-state index in [-0.39, 0.29) is 5.56 Å². The fraction of sp³-hybridized carbons (Fsp3) is 0.0833. The molecule has 1 aromatic carbocycles. The highest BCUT2D eigenvalue weighted by Gasteiger charge is 2.08. The molecular formula is C12H11NO2. The van der Waals surface area contributed by atoms with Crippen LogP contribution in [0.1, 0.15) is 17.2 Å². The van der Waals surface area contributed by atoms with E-state index in [2.05, 4.69) is 4.98 Å². The first-order chi connectivity index (χ1) is 7.27.